The molecule has 134 valence electrons. The summed E-state index contributed by atoms with van der Waals surface area (Å²) in [5, 5.41) is 3.29. The molecule has 7 heteroatoms. The predicted octanol–water partition coefficient (Wildman–Crippen LogP) is 3.21. The topological polar surface area (TPSA) is 63.7 Å². The molecule has 0 aliphatic heterocycles. The number of anilines is 1. The van der Waals surface area contributed by atoms with Gasteiger partial charge in [0.2, 0.25) is 5.91 Å². The van der Waals surface area contributed by atoms with E-state index in [2.05, 4.69) is 10.3 Å². The number of hydrogen-bond donors (Lipinski definition) is 1. The van der Waals surface area contributed by atoms with Crippen LogP contribution in [0.25, 0.3) is 0 Å². The molecular weight excluding hydrogens is 342 g/mol. The minimum absolute atomic E-state index is 0.128. The highest BCUT2D eigenvalue weighted by Crippen LogP contribution is 2.28. The SMILES string of the molecule is CCN(CC(=O)Nc1ccc(Cl)cn1)Cc1ccc(OC)c(OC)c1. The molecule has 0 saturated carbocycles. The average Bonchev–Trinajstić information content (AvgIpc) is 2.62. The lowest BCUT2D eigenvalue weighted by molar-refractivity contribution is -0.117. The highest BCUT2D eigenvalue weighted by molar-refractivity contribution is 6.30. The van der Waals surface area contributed by atoms with Gasteiger partial charge in [-0.3, -0.25) is 9.69 Å². The molecule has 1 N–H and O–H groups in total. The van der Waals surface area contributed by atoms with E-state index in [0.717, 1.165) is 12.1 Å². The highest BCUT2D eigenvalue weighted by atomic mass is 35.5. The Morgan fingerprint density at radius 2 is 1.96 bits per heavy atom. The van der Waals surface area contributed by atoms with Crippen LogP contribution in [0.4, 0.5) is 5.82 Å². The highest BCUT2D eigenvalue weighted by Gasteiger charge is 2.12. The molecule has 6 nitrogen and oxygen atoms in total. The lowest BCUT2D eigenvalue weighted by Crippen LogP contribution is -2.32. The van der Waals surface area contributed by atoms with Gasteiger partial charge >= 0.3 is 0 Å². The Balaban J connectivity index is 1.97. The van der Waals surface area contributed by atoms with Crippen LogP contribution in [0.15, 0.2) is 36.5 Å². The summed E-state index contributed by atoms with van der Waals surface area (Å²) in [4.78, 5) is 18.3. The maximum Gasteiger partial charge on any atom is 0.239 e. The van der Waals surface area contributed by atoms with Crippen LogP contribution in [0.1, 0.15) is 12.5 Å². The second-order valence-electron chi connectivity index (χ2n) is 5.40. The first-order valence-electron chi connectivity index (χ1n) is 7.90. The number of likely N-dealkylation sites (N-methyl/N-ethyl adjacent to an activating group) is 1. The maximum absolute atomic E-state index is 12.2. The van der Waals surface area contributed by atoms with Gasteiger partial charge < -0.3 is 14.8 Å². The van der Waals surface area contributed by atoms with Crippen LogP contribution in [0.5, 0.6) is 11.5 Å². The van der Waals surface area contributed by atoms with Crippen molar-refractivity contribution in [2.75, 3.05) is 32.6 Å². The number of aromatic nitrogens is 1. The fraction of sp³-hybridized carbons (Fsp3) is 0.333. The van der Waals surface area contributed by atoms with Gasteiger partial charge in [-0.25, -0.2) is 4.98 Å². The van der Waals surface area contributed by atoms with Crippen LogP contribution < -0.4 is 14.8 Å². The molecule has 1 aromatic carbocycles. The molecule has 0 spiro atoms. The zero-order chi connectivity index (χ0) is 18.2. The number of amides is 1. The van der Waals surface area contributed by atoms with Crippen molar-refractivity contribution in [1.82, 2.24) is 9.88 Å². The number of halogens is 1. The predicted molar refractivity (Wildman–Crippen MR) is 98.4 cm³/mol. The van der Waals surface area contributed by atoms with Gasteiger partial charge in [0.15, 0.2) is 11.5 Å². The molecule has 2 aromatic rings. The Labute approximate surface area is 152 Å². The fourth-order valence-corrected chi connectivity index (χ4v) is 2.46. The lowest BCUT2D eigenvalue weighted by Gasteiger charge is -2.20. The smallest absolute Gasteiger partial charge is 0.239 e. The number of hydrogen-bond acceptors (Lipinski definition) is 5. The number of methoxy groups -OCH3 is 2. The number of carbonyl (C=O) groups excluding carboxylic acids is 1. The van der Waals surface area contributed by atoms with Gasteiger partial charge in [0, 0.05) is 12.7 Å². The summed E-state index contributed by atoms with van der Waals surface area (Å²) < 4.78 is 10.6. The monoisotopic (exact) mass is 363 g/mol. The van der Waals surface area contributed by atoms with Crippen LogP contribution in [-0.4, -0.2) is 43.1 Å². The zero-order valence-corrected chi connectivity index (χ0v) is 15.3. The second kappa shape index (κ2) is 9.25. The standard InChI is InChI=1S/C18H22ClN3O3/c1-4-22(11-13-5-7-15(24-2)16(9-13)25-3)12-18(23)21-17-8-6-14(19)10-20-17/h5-10H,4,11-12H2,1-3H3,(H,20,21,23). The summed E-state index contributed by atoms with van der Waals surface area (Å²) in [6.45, 7) is 3.62. The van der Waals surface area contributed by atoms with E-state index >= 15 is 0 Å². The van der Waals surface area contributed by atoms with Crippen molar-refractivity contribution in [2.45, 2.75) is 13.5 Å². The van der Waals surface area contributed by atoms with Gasteiger partial charge in [-0.2, -0.15) is 0 Å². The van der Waals surface area contributed by atoms with Gasteiger partial charge in [-0.15, -0.1) is 0 Å². The number of carbonyl (C=O) groups is 1. The van der Waals surface area contributed by atoms with Crippen molar-refractivity contribution in [3.63, 3.8) is 0 Å². The summed E-state index contributed by atoms with van der Waals surface area (Å²) in [5.74, 6) is 1.71. The van der Waals surface area contributed by atoms with Gasteiger partial charge in [0.05, 0.1) is 25.8 Å². The van der Waals surface area contributed by atoms with Gasteiger partial charge in [0.1, 0.15) is 5.82 Å². The van der Waals surface area contributed by atoms with Crippen LogP contribution >= 0.6 is 11.6 Å². The van der Waals surface area contributed by atoms with Gasteiger partial charge in [-0.05, 0) is 36.4 Å². The van der Waals surface area contributed by atoms with E-state index in [1.54, 1.807) is 26.4 Å². The largest absolute Gasteiger partial charge is 0.493 e. The molecule has 0 unspecified atom stereocenters. The molecule has 2 rings (SSSR count). The molecule has 1 amide bonds. The lowest BCUT2D eigenvalue weighted by atomic mass is 10.2. The van der Waals surface area contributed by atoms with E-state index in [1.807, 2.05) is 30.0 Å². The minimum Gasteiger partial charge on any atom is -0.493 e. The van der Waals surface area contributed by atoms with Gasteiger partial charge in [-0.1, -0.05) is 24.6 Å². The van der Waals surface area contributed by atoms with Crippen LogP contribution in [0.3, 0.4) is 0 Å². The third kappa shape index (κ3) is 5.62. The Morgan fingerprint density at radius 1 is 1.20 bits per heavy atom. The Morgan fingerprint density at radius 3 is 2.56 bits per heavy atom. The molecule has 0 aliphatic rings. The molecule has 0 aliphatic carbocycles. The van der Waals surface area contributed by atoms with E-state index in [0.29, 0.717) is 28.9 Å². The third-order valence-corrected chi connectivity index (χ3v) is 3.89. The number of rotatable bonds is 8. The van der Waals surface area contributed by atoms with Crippen molar-refractivity contribution in [1.29, 1.82) is 0 Å². The first-order valence-corrected chi connectivity index (χ1v) is 8.28. The van der Waals surface area contributed by atoms with Crippen molar-refractivity contribution in [3.8, 4) is 11.5 Å². The number of nitrogens with one attached hydrogen (secondary N) is 1. The summed E-state index contributed by atoms with van der Waals surface area (Å²) in [5.41, 5.74) is 1.04. The van der Waals surface area contributed by atoms with E-state index < -0.39 is 0 Å². The van der Waals surface area contributed by atoms with Crippen molar-refractivity contribution in [2.24, 2.45) is 0 Å². The molecule has 1 aromatic heterocycles. The van der Waals surface area contributed by atoms with Crippen LogP contribution in [0.2, 0.25) is 5.02 Å². The van der Waals surface area contributed by atoms with E-state index in [-0.39, 0.29) is 12.5 Å². The second-order valence-corrected chi connectivity index (χ2v) is 5.84. The van der Waals surface area contributed by atoms with E-state index in [4.69, 9.17) is 21.1 Å². The summed E-state index contributed by atoms with van der Waals surface area (Å²) in [6, 6.07) is 9.10. The van der Waals surface area contributed by atoms with Crippen LogP contribution in [0, 0.1) is 0 Å². The maximum atomic E-state index is 12.2. The van der Waals surface area contributed by atoms with Crippen LogP contribution in [-0.2, 0) is 11.3 Å². The summed E-state index contributed by atoms with van der Waals surface area (Å²) in [7, 11) is 3.21. The minimum atomic E-state index is -0.128. The van der Waals surface area contributed by atoms with Crippen molar-refractivity contribution >= 4 is 23.3 Å². The Hall–Kier alpha value is -2.31. The Bertz CT molecular complexity index is 707. The molecule has 0 atom stereocenters. The third-order valence-electron chi connectivity index (χ3n) is 3.66. The fourth-order valence-electron chi connectivity index (χ4n) is 2.35. The molecule has 1 heterocycles. The quantitative estimate of drug-likeness (QED) is 0.780. The molecule has 0 radical (unpaired) electrons. The molecule has 0 bridgehead atoms. The van der Waals surface area contributed by atoms with E-state index in [1.165, 1.54) is 6.20 Å². The van der Waals surface area contributed by atoms with Crippen molar-refractivity contribution < 1.29 is 14.3 Å². The number of ether oxygens (including phenoxy) is 2. The Kier molecular flexibility index (Phi) is 7.03. The van der Waals surface area contributed by atoms with Gasteiger partial charge in [0.25, 0.3) is 0 Å². The number of pyridine rings is 1. The molecular formula is C18H22ClN3O3. The molecule has 0 saturated heterocycles. The normalized spacial score (nSPS) is 10.6. The van der Waals surface area contributed by atoms with Crippen molar-refractivity contribution in [3.05, 3.63) is 47.1 Å². The zero-order valence-electron chi connectivity index (χ0n) is 14.6. The number of nitrogens with zero attached hydrogens (tertiary/aromatic N) is 2. The average molecular weight is 364 g/mol. The first kappa shape index (κ1) is 19.0. The number of benzene rings is 1. The van der Waals surface area contributed by atoms with E-state index in [9.17, 15) is 4.79 Å². The summed E-state index contributed by atoms with van der Waals surface area (Å²) >= 11 is 5.79. The first-order chi connectivity index (χ1) is 12.0. The molecule has 25 heavy (non-hydrogen) atoms. The molecule has 0 fully saturated rings. The summed E-state index contributed by atoms with van der Waals surface area (Å²) in [6.07, 6.45) is 1.50.